The first-order valence-electron chi connectivity index (χ1n) is 8.13. The van der Waals surface area contributed by atoms with Crippen molar-refractivity contribution in [3.8, 4) is 5.75 Å². The third-order valence-corrected chi connectivity index (χ3v) is 4.59. The summed E-state index contributed by atoms with van der Waals surface area (Å²) >= 11 is 0. The number of aliphatic hydroxyl groups is 2. The van der Waals surface area contributed by atoms with Gasteiger partial charge >= 0.3 is 0 Å². The lowest BCUT2D eigenvalue weighted by molar-refractivity contribution is -0.100. The molecular formula is C18H28FNO3. The molecule has 4 nitrogen and oxygen atoms in total. The summed E-state index contributed by atoms with van der Waals surface area (Å²) in [6.45, 7) is 8.74. The highest BCUT2D eigenvalue weighted by Crippen LogP contribution is 2.38. The summed E-state index contributed by atoms with van der Waals surface area (Å²) in [4.78, 5) is 2.21. The molecule has 2 N–H and O–H groups in total. The van der Waals surface area contributed by atoms with E-state index in [9.17, 15) is 14.6 Å². The maximum Gasteiger partial charge on any atom is 0.165 e. The average Bonchev–Trinajstić information content (AvgIpc) is 2.41. The highest BCUT2D eigenvalue weighted by Gasteiger charge is 2.45. The van der Waals surface area contributed by atoms with Gasteiger partial charge in [-0.2, -0.15) is 0 Å². The number of aliphatic hydroxyl groups excluding tert-OH is 2. The molecule has 1 atom stereocenters. The van der Waals surface area contributed by atoms with Crippen molar-refractivity contribution in [3.05, 3.63) is 30.1 Å². The first-order chi connectivity index (χ1) is 10.6. The summed E-state index contributed by atoms with van der Waals surface area (Å²) in [7, 11) is 0. The minimum absolute atomic E-state index is 0.0339. The topological polar surface area (TPSA) is 52.9 Å². The second-order valence-electron chi connectivity index (χ2n) is 7.69. The molecule has 1 fully saturated rings. The van der Waals surface area contributed by atoms with E-state index in [4.69, 9.17) is 4.74 Å². The molecule has 0 bridgehead atoms. The fraction of sp³-hybridized carbons (Fsp3) is 0.667. The molecule has 1 saturated heterocycles. The van der Waals surface area contributed by atoms with Crippen LogP contribution in [-0.4, -0.2) is 51.6 Å². The second-order valence-corrected chi connectivity index (χ2v) is 7.69. The minimum Gasteiger partial charge on any atom is -0.488 e. The van der Waals surface area contributed by atoms with Crippen molar-refractivity contribution in [2.75, 3.05) is 13.2 Å². The fourth-order valence-corrected chi connectivity index (χ4v) is 3.77. The predicted octanol–water partition coefficient (Wildman–Crippen LogP) is 2.58. The molecule has 1 aliphatic heterocycles. The van der Waals surface area contributed by atoms with Gasteiger partial charge in [-0.25, -0.2) is 4.39 Å². The van der Waals surface area contributed by atoms with Gasteiger partial charge in [-0.05, 0) is 52.7 Å². The maximum absolute atomic E-state index is 13.5. The molecule has 0 saturated carbocycles. The molecule has 0 spiro atoms. The lowest BCUT2D eigenvalue weighted by Crippen LogP contribution is -2.63. The van der Waals surface area contributed by atoms with Crippen LogP contribution in [-0.2, 0) is 0 Å². The van der Waals surface area contributed by atoms with Crippen LogP contribution in [0.1, 0.15) is 40.5 Å². The highest BCUT2D eigenvalue weighted by atomic mass is 19.1. The Balaban J connectivity index is 1.98. The van der Waals surface area contributed by atoms with Gasteiger partial charge in [0, 0.05) is 17.6 Å². The van der Waals surface area contributed by atoms with Gasteiger partial charge in [0.2, 0.25) is 0 Å². The molecule has 0 aromatic heterocycles. The summed E-state index contributed by atoms with van der Waals surface area (Å²) in [5, 5.41) is 20.4. The number of halogens is 1. The van der Waals surface area contributed by atoms with E-state index in [2.05, 4.69) is 32.6 Å². The van der Waals surface area contributed by atoms with Crippen LogP contribution in [0.25, 0.3) is 0 Å². The molecule has 5 heteroatoms. The van der Waals surface area contributed by atoms with E-state index >= 15 is 0 Å². The van der Waals surface area contributed by atoms with Crippen molar-refractivity contribution < 1.29 is 19.3 Å². The lowest BCUT2D eigenvalue weighted by Gasteiger charge is -2.54. The van der Waals surface area contributed by atoms with Crippen molar-refractivity contribution in [3.63, 3.8) is 0 Å². The quantitative estimate of drug-likeness (QED) is 0.874. The van der Waals surface area contributed by atoms with Gasteiger partial charge in [-0.1, -0.05) is 12.1 Å². The lowest BCUT2D eigenvalue weighted by atomic mass is 9.78. The number of hydrogen-bond acceptors (Lipinski definition) is 4. The van der Waals surface area contributed by atoms with E-state index in [1.165, 1.54) is 6.07 Å². The van der Waals surface area contributed by atoms with Gasteiger partial charge in [0.1, 0.15) is 12.7 Å². The molecular weight excluding hydrogens is 297 g/mol. The smallest absolute Gasteiger partial charge is 0.165 e. The number of rotatable bonds is 5. The number of β-amino-alcohol motifs (C(OH)–C–C–N with tert-alkyl or cyclic N) is 1. The van der Waals surface area contributed by atoms with Crippen LogP contribution in [0.2, 0.25) is 0 Å². The Hall–Kier alpha value is -1.17. The Labute approximate surface area is 137 Å². The summed E-state index contributed by atoms with van der Waals surface area (Å²) in [6.07, 6.45) is 0.265. The van der Waals surface area contributed by atoms with Crippen LogP contribution >= 0.6 is 0 Å². The predicted molar refractivity (Wildman–Crippen MR) is 88.0 cm³/mol. The van der Waals surface area contributed by atoms with Crippen molar-refractivity contribution in [2.45, 2.75) is 63.8 Å². The summed E-state index contributed by atoms with van der Waals surface area (Å²) in [6, 6.07) is 6.18. The number of hydrogen-bond donors (Lipinski definition) is 2. The molecule has 1 aromatic rings. The number of benzene rings is 1. The monoisotopic (exact) mass is 325 g/mol. The normalized spacial score (nSPS) is 22.7. The molecule has 1 aliphatic rings. The molecule has 2 rings (SSSR count). The van der Waals surface area contributed by atoms with E-state index in [1.54, 1.807) is 18.2 Å². The Morgan fingerprint density at radius 1 is 1.22 bits per heavy atom. The van der Waals surface area contributed by atoms with Crippen LogP contribution in [0.4, 0.5) is 4.39 Å². The average molecular weight is 325 g/mol. The van der Waals surface area contributed by atoms with Crippen LogP contribution in [0, 0.1) is 5.82 Å². The molecule has 23 heavy (non-hydrogen) atoms. The molecule has 0 amide bonds. The van der Waals surface area contributed by atoms with Crippen molar-refractivity contribution in [1.29, 1.82) is 0 Å². The van der Waals surface area contributed by atoms with E-state index < -0.39 is 11.9 Å². The van der Waals surface area contributed by atoms with E-state index in [0.717, 1.165) is 0 Å². The van der Waals surface area contributed by atoms with Crippen LogP contribution in [0.15, 0.2) is 24.3 Å². The van der Waals surface area contributed by atoms with Crippen LogP contribution in [0.3, 0.4) is 0 Å². The molecule has 0 unspecified atom stereocenters. The van der Waals surface area contributed by atoms with Crippen LogP contribution < -0.4 is 4.74 Å². The first kappa shape index (κ1) is 18.2. The largest absolute Gasteiger partial charge is 0.488 e. The number of piperidine rings is 1. The summed E-state index contributed by atoms with van der Waals surface area (Å²) in [5.74, 6) is -0.277. The first-order valence-corrected chi connectivity index (χ1v) is 8.13. The summed E-state index contributed by atoms with van der Waals surface area (Å²) < 4.78 is 18.9. The zero-order valence-corrected chi connectivity index (χ0v) is 14.4. The number of para-hydroxylation sites is 1. The number of ether oxygens (including phenoxy) is 1. The Morgan fingerprint density at radius 3 is 2.35 bits per heavy atom. The third kappa shape index (κ3) is 4.43. The van der Waals surface area contributed by atoms with Gasteiger partial charge < -0.3 is 14.9 Å². The fourth-order valence-electron chi connectivity index (χ4n) is 3.77. The molecule has 130 valence electrons. The van der Waals surface area contributed by atoms with Crippen molar-refractivity contribution >= 4 is 0 Å². The SMILES string of the molecule is CC1(C)CC(O)CC(C)(C)N1C[C@@H](O)COc1ccccc1F. The zero-order valence-electron chi connectivity index (χ0n) is 14.4. The Morgan fingerprint density at radius 2 is 1.78 bits per heavy atom. The van der Waals surface area contributed by atoms with E-state index in [0.29, 0.717) is 19.4 Å². The van der Waals surface area contributed by atoms with Gasteiger partial charge in [-0.3, -0.25) is 4.90 Å². The van der Waals surface area contributed by atoms with Crippen molar-refractivity contribution in [2.24, 2.45) is 0 Å². The number of likely N-dealkylation sites (tertiary alicyclic amines) is 1. The third-order valence-electron chi connectivity index (χ3n) is 4.59. The van der Waals surface area contributed by atoms with Gasteiger partial charge in [0.05, 0.1) is 6.10 Å². The maximum atomic E-state index is 13.5. The van der Waals surface area contributed by atoms with Gasteiger partial charge in [0.15, 0.2) is 11.6 Å². The Bertz CT molecular complexity index is 515. The second kappa shape index (κ2) is 6.75. The molecule has 1 aromatic carbocycles. The molecule has 0 radical (unpaired) electrons. The van der Waals surface area contributed by atoms with Crippen molar-refractivity contribution in [1.82, 2.24) is 4.90 Å². The van der Waals surface area contributed by atoms with Crippen LogP contribution in [0.5, 0.6) is 5.75 Å². The van der Waals surface area contributed by atoms with Gasteiger partial charge in [-0.15, -0.1) is 0 Å². The van der Waals surface area contributed by atoms with E-state index in [-0.39, 0.29) is 29.5 Å². The molecule has 0 aliphatic carbocycles. The minimum atomic E-state index is -0.733. The highest BCUT2D eigenvalue weighted by molar-refractivity contribution is 5.23. The van der Waals surface area contributed by atoms with Gasteiger partial charge in [0.25, 0.3) is 0 Å². The zero-order chi connectivity index (χ0) is 17.3. The Kier molecular flexibility index (Phi) is 5.33. The van der Waals surface area contributed by atoms with E-state index in [1.807, 2.05) is 0 Å². The molecule has 1 heterocycles. The summed E-state index contributed by atoms with van der Waals surface area (Å²) in [5.41, 5.74) is -0.444. The number of nitrogens with zero attached hydrogens (tertiary/aromatic N) is 1. The standard InChI is InChI=1S/C18H28FNO3/c1-17(2)9-13(21)10-18(3,4)20(17)11-14(22)12-23-16-8-6-5-7-15(16)19/h5-8,13-14,21-22H,9-12H2,1-4H3/t14-/m1/s1.